The summed E-state index contributed by atoms with van der Waals surface area (Å²) in [4.78, 5) is 20.1. The number of pyridine rings is 1. The van der Waals surface area contributed by atoms with Gasteiger partial charge >= 0.3 is 0 Å². The second kappa shape index (κ2) is 11.9. The minimum Gasteiger partial charge on any atom is -0.377 e. The first-order chi connectivity index (χ1) is 18.1. The molecule has 1 fully saturated rings. The number of hydrogen-bond donors (Lipinski definition) is 1. The summed E-state index contributed by atoms with van der Waals surface area (Å²) in [6.45, 7) is 12.8. The first-order valence-electron chi connectivity index (χ1n) is 12.8. The highest BCUT2D eigenvalue weighted by atomic mass is 16.5. The molecule has 184 valence electrons. The summed E-state index contributed by atoms with van der Waals surface area (Å²) >= 11 is 0. The summed E-state index contributed by atoms with van der Waals surface area (Å²) in [5.74, 6) is 1.62. The molecule has 8 nitrogen and oxygen atoms in total. The molecule has 0 amide bonds. The largest absolute Gasteiger partial charge is 0.377 e. The van der Waals surface area contributed by atoms with Crippen LogP contribution in [-0.4, -0.2) is 99.2 Å². The normalized spacial score (nSPS) is 15.4. The molecule has 1 N–H and O–H groups in total. The van der Waals surface area contributed by atoms with E-state index in [1.165, 1.54) is 0 Å². The molecule has 1 atom stereocenters. The van der Waals surface area contributed by atoms with Gasteiger partial charge in [0.25, 0.3) is 0 Å². The summed E-state index contributed by atoms with van der Waals surface area (Å²) in [7, 11) is 19.9. The van der Waals surface area contributed by atoms with Gasteiger partial charge < -0.3 is 14.6 Å². The Morgan fingerprint density at radius 3 is 2.47 bits per heavy atom. The molecule has 0 bridgehead atoms. The Balaban J connectivity index is 0.000000505. The maximum atomic E-state index is 5.67. The first kappa shape index (κ1) is 28.1. The van der Waals surface area contributed by atoms with E-state index in [1.54, 1.807) is 0 Å². The lowest BCUT2D eigenvalue weighted by atomic mass is 8.81. The predicted molar refractivity (Wildman–Crippen MR) is 160 cm³/mol. The Morgan fingerprint density at radius 1 is 1.11 bits per heavy atom. The smallest absolute Gasteiger partial charge is 0.165 e. The molecular formula is C24H29B6N7O. The molecule has 0 saturated carbocycles. The fourth-order valence-corrected chi connectivity index (χ4v) is 4.57. The summed E-state index contributed by atoms with van der Waals surface area (Å²) in [6.07, 6.45) is 2.55. The summed E-state index contributed by atoms with van der Waals surface area (Å²) in [5, 5.41) is 5.82. The fourth-order valence-electron chi connectivity index (χ4n) is 4.57. The molecule has 1 aliphatic rings. The molecule has 5 rings (SSSR count). The van der Waals surface area contributed by atoms with Crippen molar-refractivity contribution in [2.24, 2.45) is 0 Å². The molecule has 5 heterocycles. The number of nitrogens with one attached hydrogen (secondary N) is 1. The monoisotopic (exact) mass is 497 g/mol. The second-order valence-electron chi connectivity index (χ2n) is 9.89. The maximum Gasteiger partial charge on any atom is 0.165 e. The molecule has 0 spiro atoms. The van der Waals surface area contributed by atoms with Crippen molar-refractivity contribution >= 4 is 60.6 Å². The lowest BCUT2D eigenvalue weighted by Gasteiger charge is -2.34. The van der Waals surface area contributed by atoms with Crippen LogP contribution in [0.25, 0.3) is 33.7 Å². The number of ether oxygens (including phenoxy) is 1. The Labute approximate surface area is 230 Å². The highest BCUT2D eigenvalue weighted by Gasteiger charge is 2.25. The van der Waals surface area contributed by atoms with Crippen LogP contribution in [0.1, 0.15) is 38.2 Å². The van der Waals surface area contributed by atoms with Crippen molar-refractivity contribution in [3.63, 3.8) is 0 Å². The van der Waals surface area contributed by atoms with Crippen molar-refractivity contribution in [3.8, 4) is 22.6 Å². The molecule has 4 aromatic rings. The summed E-state index contributed by atoms with van der Waals surface area (Å²) < 4.78 is 7.72. The van der Waals surface area contributed by atoms with Crippen molar-refractivity contribution < 1.29 is 4.74 Å². The first-order valence-corrected chi connectivity index (χ1v) is 12.8. The number of aromatic amines is 1. The minimum absolute atomic E-state index is 0.240. The highest BCUT2D eigenvalue weighted by molar-refractivity contribution is 7.76. The van der Waals surface area contributed by atoms with Gasteiger partial charge in [0.15, 0.2) is 5.82 Å². The zero-order valence-corrected chi connectivity index (χ0v) is 22.7. The van der Waals surface area contributed by atoms with Crippen molar-refractivity contribution in [2.45, 2.75) is 46.7 Å². The number of aromatic nitrogens is 6. The van der Waals surface area contributed by atoms with Gasteiger partial charge in [0.05, 0.1) is 36.2 Å². The van der Waals surface area contributed by atoms with Crippen LogP contribution in [0, 0.1) is 13.8 Å². The van der Waals surface area contributed by atoms with E-state index >= 15 is 0 Å². The van der Waals surface area contributed by atoms with Gasteiger partial charge in [0, 0.05) is 91.4 Å². The summed E-state index contributed by atoms with van der Waals surface area (Å²) in [5.41, 5.74) is 5.79. The number of anilines is 1. The third-order valence-corrected chi connectivity index (χ3v) is 6.59. The lowest BCUT2D eigenvalue weighted by Crippen LogP contribution is -2.44. The van der Waals surface area contributed by atoms with E-state index in [0.29, 0.717) is 19.0 Å². The number of hydrogen-bond acceptors (Lipinski definition) is 6. The van der Waals surface area contributed by atoms with Crippen LogP contribution in [0.5, 0.6) is 0 Å². The van der Waals surface area contributed by atoms with E-state index in [-0.39, 0.29) is 12.1 Å². The number of morpholine rings is 1. The van der Waals surface area contributed by atoms with E-state index in [0.717, 1.165) is 51.6 Å². The Morgan fingerprint density at radius 2 is 1.84 bits per heavy atom. The van der Waals surface area contributed by atoms with Gasteiger partial charge in [-0.3, -0.25) is 4.68 Å². The Bertz CT molecular complexity index is 1380. The molecule has 14 heteroatoms. The van der Waals surface area contributed by atoms with Gasteiger partial charge in [-0.15, -0.1) is 0 Å². The van der Waals surface area contributed by atoms with Crippen LogP contribution in [0.3, 0.4) is 0 Å². The number of nitrogens with zero attached hydrogens (tertiary/aromatic N) is 6. The molecule has 0 unspecified atom stereocenters. The number of aryl methyl sites for hydroxylation is 1. The Kier molecular flexibility index (Phi) is 8.81. The lowest BCUT2D eigenvalue weighted by molar-refractivity contribution is 0.0985. The van der Waals surface area contributed by atoms with Crippen LogP contribution in [0.4, 0.5) is 5.82 Å². The van der Waals surface area contributed by atoms with E-state index in [4.69, 9.17) is 50.8 Å². The van der Waals surface area contributed by atoms with E-state index < -0.39 is 12.8 Å². The van der Waals surface area contributed by atoms with Crippen LogP contribution in [0.2, 0.25) is 0 Å². The second-order valence-corrected chi connectivity index (χ2v) is 9.89. The van der Waals surface area contributed by atoms with Gasteiger partial charge in [0.1, 0.15) is 11.5 Å². The van der Waals surface area contributed by atoms with Gasteiger partial charge in [-0.05, 0) is 46.8 Å². The number of fused-ring (bicyclic) bond motifs is 1. The van der Waals surface area contributed by atoms with Crippen molar-refractivity contribution in [2.75, 3.05) is 24.7 Å². The Hall–Kier alpha value is -2.87. The maximum absolute atomic E-state index is 5.67. The topological polar surface area (TPSA) is 84.8 Å². The molecule has 38 heavy (non-hydrogen) atoms. The van der Waals surface area contributed by atoms with Crippen LogP contribution >= 0.6 is 0 Å². The van der Waals surface area contributed by atoms with Crippen LogP contribution < -0.4 is 4.90 Å². The molecule has 0 aliphatic carbocycles. The minimum atomic E-state index is -0.593. The molecule has 1 aliphatic heterocycles. The zero-order valence-electron chi connectivity index (χ0n) is 22.7. The SMILES string of the molecule is Cc1nn(C(C)C)c(C)c1-c1nc(-c2ccnc3[nH]ccc23)cc(N2CCOC[C@H]2C)n1.[B]B([B])B([B])[B]. The predicted octanol–water partition coefficient (Wildman–Crippen LogP) is 2.02. The van der Waals surface area contributed by atoms with Gasteiger partial charge in [-0.1, -0.05) is 0 Å². The zero-order chi connectivity index (χ0) is 27.6. The van der Waals surface area contributed by atoms with Crippen LogP contribution in [0.15, 0.2) is 30.6 Å². The molecule has 1 saturated heterocycles. The molecule has 8 radical (unpaired) electrons. The van der Waals surface area contributed by atoms with Crippen molar-refractivity contribution in [3.05, 3.63) is 42.0 Å². The third-order valence-electron chi connectivity index (χ3n) is 6.59. The van der Waals surface area contributed by atoms with Crippen molar-refractivity contribution in [1.82, 2.24) is 29.7 Å². The van der Waals surface area contributed by atoms with E-state index in [9.17, 15) is 0 Å². The van der Waals surface area contributed by atoms with Gasteiger partial charge in [-0.2, -0.15) is 5.10 Å². The van der Waals surface area contributed by atoms with E-state index in [2.05, 4.69) is 53.3 Å². The molecule has 0 aromatic carbocycles. The molecular weight excluding hydrogens is 467 g/mol. The number of rotatable bonds is 5. The fraction of sp³-hybridized carbons (Fsp3) is 0.417. The molecule has 4 aromatic heterocycles. The standard InChI is InChI=1S/C24H29N7O.B6/c1-14(2)31-17(5)22(16(4)29-31)24-27-20(18-6-8-25-23-19(18)7-9-26-23)12-21(28-24)30-10-11-32-13-15(30)3;1-5(2)6(3)4/h6-9,12,14-15H,10-11,13H2,1-5H3,(H,25,26);/t15-;/m1./s1. The average molecular weight is 496 g/mol. The highest BCUT2D eigenvalue weighted by Crippen LogP contribution is 2.33. The van der Waals surface area contributed by atoms with Crippen molar-refractivity contribution in [1.29, 1.82) is 0 Å². The van der Waals surface area contributed by atoms with Gasteiger partial charge in [0.2, 0.25) is 0 Å². The third kappa shape index (κ3) is 5.90. The summed E-state index contributed by atoms with van der Waals surface area (Å²) in [6, 6.07) is 6.66. The average Bonchev–Trinajstić information content (AvgIpc) is 3.48. The van der Waals surface area contributed by atoms with E-state index in [1.807, 2.05) is 31.5 Å². The van der Waals surface area contributed by atoms with Crippen LogP contribution in [-0.2, 0) is 4.74 Å². The quantitative estimate of drug-likeness (QED) is 0.426. The van der Waals surface area contributed by atoms with Gasteiger partial charge in [-0.25, -0.2) is 15.0 Å². The number of H-pyrrole nitrogens is 1.